The van der Waals surface area contributed by atoms with Gasteiger partial charge in [0.2, 0.25) is 0 Å². The standard InChI is InChI=1S/C15H25N5O/c1-4-19(10-13-2-3-13)12-15-17-16-14(20(15)5-1)11-18-6-8-21-9-7-18/h13H,1-12H2. The molecule has 0 unspecified atom stereocenters. The molecule has 21 heavy (non-hydrogen) atoms. The van der Waals surface area contributed by atoms with Gasteiger partial charge in [0.15, 0.2) is 0 Å². The van der Waals surface area contributed by atoms with E-state index >= 15 is 0 Å². The minimum Gasteiger partial charge on any atom is -0.379 e. The van der Waals surface area contributed by atoms with Crippen LogP contribution in [0.25, 0.3) is 0 Å². The zero-order chi connectivity index (χ0) is 14.1. The van der Waals surface area contributed by atoms with Crippen LogP contribution in [0, 0.1) is 5.92 Å². The van der Waals surface area contributed by atoms with Crippen LogP contribution in [0.1, 0.15) is 30.9 Å². The number of hydrogen-bond acceptors (Lipinski definition) is 5. The second kappa shape index (κ2) is 6.02. The van der Waals surface area contributed by atoms with Crippen molar-refractivity contribution in [1.82, 2.24) is 24.6 Å². The van der Waals surface area contributed by atoms with Gasteiger partial charge in [-0.05, 0) is 25.2 Å². The van der Waals surface area contributed by atoms with E-state index in [0.29, 0.717) is 0 Å². The van der Waals surface area contributed by atoms with Crippen LogP contribution in [0.15, 0.2) is 0 Å². The molecular formula is C15H25N5O. The minimum atomic E-state index is 0.843. The van der Waals surface area contributed by atoms with Crippen LogP contribution in [-0.2, 0) is 24.4 Å². The quantitative estimate of drug-likeness (QED) is 0.818. The number of morpholine rings is 1. The highest BCUT2D eigenvalue weighted by Gasteiger charge is 2.27. The van der Waals surface area contributed by atoms with Crippen LogP contribution < -0.4 is 0 Å². The van der Waals surface area contributed by atoms with E-state index in [1.165, 1.54) is 32.4 Å². The Morgan fingerprint density at radius 2 is 1.86 bits per heavy atom. The lowest BCUT2D eigenvalue weighted by Gasteiger charge is -2.26. The summed E-state index contributed by atoms with van der Waals surface area (Å²) in [6.45, 7) is 9.13. The Morgan fingerprint density at radius 1 is 1.00 bits per heavy atom. The molecule has 0 aromatic carbocycles. The molecule has 3 heterocycles. The van der Waals surface area contributed by atoms with E-state index in [0.717, 1.165) is 63.5 Å². The molecule has 4 rings (SSSR count). The van der Waals surface area contributed by atoms with Gasteiger partial charge in [-0.2, -0.15) is 0 Å². The summed E-state index contributed by atoms with van der Waals surface area (Å²) < 4.78 is 7.78. The maximum absolute atomic E-state index is 5.42. The molecular weight excluding hydrogens is 266 g/mol. The summed E-state index contributed by atoms with van der Waals surface area (Å²) in [6.07, 6.45) is 4.06. The summed E-state index contributed by atoms with van der Waals surface area (Å²) >= 11 is 0. The van der Waals surface area contributed by atoms with Gasteiger partial charge < -0.3 is 9.30 Å². The zero-order valence-electron chi connectivity index (χ0n) is 12.7. The normalized spacial score (nSPS) is 24.8. The fraction of sp³-hybridized carbons (Fsp3) is 0.867. The van der Waals surface area contributed by atoms with Crippen LogP contribution in [0.3, 0.4) is 0 Å². The van der Waals surface area contributed by atoms with Gasteiger partial charge in [-0.3, -0.25) is 9.80 Å². The Morgan fingerprint density at radius 3 is 2.67 bits per heavy atom. The van der Waals surface area contributed by atoms with E-state index in [1.54, 1.807) is 0 Å². The zero-order valence-corrected chi connectivity index (χ0v) is 12.7. The third kappa shape index (κ3) is 3.27. The van der Waals surface area contributed by atoms with Crippen molar-refractivity contribution in [2.24, 2.45) is 5.92 Å². The van der Waals surface area contributed by atoms with Gasteiger partial charge in [0.25, 0.3) is 0 Å². The first-order chi connectivity index (χ1) is 10.4. The van der Waals surface area contributed by atoms with E-state index in [-0.39, 0.29) is 0 Å². The number of ether oxygens (including phenoxy) is 1. The predicted molar refractivity (Wildman–Crippen MR) is 78.7 cm³/mol. The van der Waals surface area contributed by atoms with Crippen molar-refractivity contribution in [2.75, 3.05) is 39.4 Å². The molecule has 0 atom stereocenters. The SMILES string of the molecule is C1CN(CC2CC2)Cc2nnc(CN3CCOCC3)n2C1. The minimum absolute atomic E-state index is 0.843. The second-order valence-corrected chi connectivity index (χ2v) is 6.60. The van der Waals surface area contributed by atoms with Crippen molar-refractivity contribution >= 4 is 0 Å². The monoisotopic (exact) mass is 291 g/mol. The van der Waals surface area contributed by atoms with Gasteiger partial charge in [-0.1, -0.05) is 0 Å². The first-order valence-electron chi connectivity index (χ1n) is 8.32. The molecule has 6 nitrogen and oxygen atoms in total. The van der Waals surface area contributed by atoms with Crippen molar-refractivity contribution in [3.8, 4) is 0 Å². The third-order valence-electron chi connectivity index (χ3n) is 4.81. The first-order valence-corrected chi connectivity index (χ1v) is 8.32. The Kier molecular flexibility index (Phi) is 3.92. The van der Waals surface area contributed by atoms with Crippen LogP contribution in [0.5, 0.6) is 0 Å². The largest absolute Gasteiger partial charge is 0.379 e. The van der Waals surface area contributed by atoms with Crippen molar-refractivity contribution in [1.29, 1.82) is 0 Å². The molecule has 1 aromatic heterocycles. The molecule has 3 aliphatic rings. The Hall–Kier alpha value is -0.980. The van der Waals surface area contributed by atoms with Crippen molar-refractivity contribution in [3.63, 3.8) is 0 Å². The number of rotatable bonds is 4. The van der Waals surface area contributed by atoms with E-state index < -0.39 is 0 Å². The fourth-order valence-electron chi connectivity index (χ4n) is 3.38. The van der Waals surface area contributed by atoms with Gasteiger partial charge in [0, 0.05) is 32.7 Å². The summed E-state index contributed by atoms with van der Waals surface area (Å²) in [6, 6.07) is 0. The lowest BCUT2D eigenvalue weighted by molar-refractivity contribution is 0.0325. The predicted octanol–water partition coefficient (Wildman–Crippen LogP) is 0.726. The molecule has 6 heteroatoms. The molecule has 2 aliphatic heterocycles. The molecule has 0 radical (unpaired) electrons. The topological polar surface area (TPSA) is 46.4 Å². The van der Waals surface area contributed by atoms with Gasteiger partial charge in [0.05, 0.1) is 26.3 Å². The summed E-state index contributed by atoms with van der Waals surface area (Å²) in [5.41, 5.74) is 0. The molecule has 2 fully saturated rings. The molecule has 0 amide bonds. The maximum Gasteiger partial charge on any atom is 0.147 e. The average Bonchev–Trinajstić information content (AvgIpc) is 3.28. The molecule has 116 valence electrons. The highest BCUT2D eigenvalue weighted by molar-refractivity contribution is 4.99. The fourth-order valence-corrected chi connectivity index (χ4v) is 3.38. The van der Waals surface area contributed by atoms with Crippen LogP contribution in [-0.4, -0.2) is 64.0 Å². The average molecular weight is 291 g/mol. The Bertz CT molecular complexity index is 478. The number of hydrogen-bond donors (Lipinski definition) is 0. The molecule has 1 saturated heterocycles. The number of fused-ring (bicyclic) bond motifs is 1. The Labute approximate surface area is 126 Å². The molecule has 0 spiro atoms. The summed E-state index contributed by atoms with van der Waals surface area (Å²) in [5, 5.41) is 8.94. The Balaban J connectivity index is 1.43. The smallest absolute Gasteiger partial charge is 0.147 e. The van der Waals surface area contributed by atoms with Crippen molar-refractivity contribution in [3.05, 3.63) is 11.6 Å². The van der Waals surface area contributed by atoms with E-state index in [4.69, 9.17) is 4.74 Å². The molecule has 1 aromatic rings. The van der Waals surface area contributed by atoms with Crippen molar-refractivity contribution in [2.45, 2.75) is 38.9 Å². The molecule has 1 saturated carbocycles. The number of aromatic nitrogens is 3. The highest BCUT2D eigenvalue weighted by atomic mass is 16.5. The molecule has 0 bridgehead atoms. The highest BCUT2D eigenvalue weighted by Crippen LogP contribution is 2.30. The second-order valence-electron chi connectivity index (χ2n) is 6.60. The number of nitrogens with zero attached hydrogens (tertiary/aromatic N) is 5. The lowest BCUT2D eigenvalue weighted by atomic mass is 10.3. The van der Waals surface area contributed by atoms with E-state index in [1.807, 2.05) is 0 Å². The summed E-state index contributed by atoms with van der Waals surface area (Å²) in [7, 11) is 0. The molecule has 0 N–H and O–H groups in total. The maximum atomic E-state index is 5.42. The summed E-state index contributed by atoms with van der Waals surface area (Å²) in [5.74, 6) is 3.25. The first kappa shape index (κ1) is 13.7. The van der Waals surface area contributed by atoms with Crippen LogP contribution in [0.4, 0.5) is 0 Å². The van der Waals surface area contributed by atoms with E-state index in [2.05, 4.69) is 24.6 Å². The van der Waals surface area contributed by atoms with Gasteiger partial charge in [0.1, 0.15) is 11.6 Å². The van der Waals surface area contributed by atoms with Crippen molar-refractivity contribution < 1.29 is 4.74 Å². The van der Waals surface area contributed by atoms with Crippen LogP contribution in [0.2, 0.25) is 0 Å². The van der Waals surface area contributed by atoms with Gasteiger partial charge in [-0.25, -0.2) is 0 Å². The molecule has 1 aliphatic carbocycles. The summed E-state index contributed by atoms with van der Waals surface area (Å²) in [4.78, 5) is 5.00. The lowest BCUT2D eigenvalue weighted by Crippen LogP contribution is -2.36. The van der Waals surface area contributed by atoms with Gasteiger partial charge in [-0.15, -0.1) is 10.2 Å². The van der Waals surface area contributed by atoms with E-state index in [9.17, 15) is 0 Å². The van der Waals surface area contributed by atoms with Gasteiger partial charge >= 0.3 is 0 Å². The third-order valence-corrected chi connectivity index (χ3v) is 4.81. The van der Waals surface area contributed by atoms with Crippen LogP contribution >= 0.6 is 0 Å².